The van der Waals surface area contributed by atoms with Crippen LogP contribution in [0.1, 0.15) is 6.92 Å². The third-order valence-corrected chi connectivity index (χ3v) is 1.45. The minimum Gasteiger partial charge on any atom is -0.359 e. The molecular weight excluding hydrogens is 156 g/mol. The molecule has 1 unspecified atom stereocenters. The Labute approximate surface area is 72.6 Å². The highest BCUT2D eigenvalue weighted by atomic mass is 16.2. The number of carbonyl (C=O) groups excluding carboxylic acids is 1. The molecule has 0 spiro atoms. The number of amides is 1. The molecule has 0 saturated heterocycles. The molecule has 0 aliphatic carbocycles. The summed E-state index contributed by atoms with van der Waals surface area (Å²) in [5, 5.41) is 8.25. The van der Waals surface area contributed by atoms with E-state index in [0.29, 0.717) is 5.96 Å². The molecule has 0 heterocycles. The van der Waals surface area contributed by atoms with Crippen LogP contribution in [-0.4, -0.2) is 39.1 Å². The van der Waals surface area contributed by atoms with E-state index in [9.17, 15) is 4.79 Å². The van der Waals surface area contributed by atoms with Crippen molar-refractivity contribution in [2.45, 2.75) is 13.0 Å². The highest BCUT2D eigenvalue weighted by Gasteiger charge is 2.10. The second-order valence-corrected chi connectivity index (χ2v) is 2.30. The minimum absolute atomic E-state index is 0.0635. The number of rotatable bonds is 2. The summed E-state index contributed by atoms with van der Waals surface area (Å²) in [7, 11) is 4.99. The van der Waals surface area contributed by atoms with Gasteiger partial charge in [0.05, 0.1) is 0 Å². The highest BCUT2D eigenvalue weighted by Crippen LogP contribution is 1.80. The first-order valence-electron chi connectivity index (χ1n) is 3.78. The Kier molecular flexibility index (Phi) is 4.83. The lowest BCUT2D eigenvalue weighted by Crippen LogP contribution is -2.47. The standard InChI is InChI=1S/C7H16N4O/c1-5(6(12)8-2)11-7(9-3)10-4/h5H,1-4H3,(H,8,12)(H2,9,10,11). The summed E-state index contributed by atoms with van der Waals surface area (Å²) >= 11 is 0. The Morgan fingerprint density at radius 1 is 1.33 bits per heavy atom. The van der Waals surface area contributed by atoms with E-state index in [1.165, 1.54) is 0 Å². The van der Waals surface area contributed by atoms with Gasteiger partial charge in [0, 0.05) is 21.1 Å². The number of hydrogen-bond donors (Lipinski definition) is 3. The van der Waals surface area contributed by atoms with Gasteiger partial charge in [-0.3, -0.25) is 9.79 Å². The summed E-state index contributed by atoms with van der Waals surface area (Å²) < 4.78 is 0. The molecule has 0 fully saturated rings. The van der Waals surface area contributed by atoms with Gasteiger partial charge in [-0.25, -0.2) is 0 Å². The van der Waals surface area contributed by atoms with Crippen molar-refractivity contribution in [3.63, 3.8) is 0 Å². The Hall–Kier alpha value is -1.26. The molecular formula is C7H16N4O. The molecule has 0 aliphatic heterocycles. The fourth-order valence-corrected chi connectivity index (χ4v) is 0.736. The number of likely N-dealkylation sites (N-methyl/N-ethyl adjacent to an activating group) is 1. The van der Waals surface area contributed by atoms with Gasteiger partial charge in [-0.05, 0) is 6.92 Å². The van der Waals surface area contributed by atoms with Gasteiger partial charge in [0.15, 0.2) is 5.96 Å². The molecule has 5 nitrogen and oxygen atoms in total. The lowest BCUT2D eigenvalue weighted by Gasteiger charge is -2.14. The summed E-state index contributed by atoms with van der Waals surface area (Å²) in [5.74, 6) is 0.539. The lowest BCUT2D eigenvalue weighted by molar-refractivity contribution is -0.121. The first kappa shape index (κ1) is 10.7. The van der Waals surface area contributed by atoms with E-state index in [1.54, 1.807) is 28.1 Å². The molecule has 0 aromatic carbocycles. The largest absolute Gasteiger partial charge is 0.359 e. The van der Waals surface area contributed by atoms with Crippen LogP contribution in [0.2, 0.25) is 0 Å². The third-order valence-electron chi connectivity index (χ3n) is 1.45. The van der Waals surface area contributed by atoms with Crippen LogP contribution in [0.15, 0.2) is 4.99 Å². The molecule has 0 radical (unpaired) electrons. The van der Waals surface area contributed by atoms with Gasteiger partial charge in [-0.15, -0.1) is 0 Å². The molecule has 70 valence electrons. The van der Waals surface area contributed by atoms with Crippen molar-refractivity contribution >= 4 is 11.9 Å². The number of carbonyl (C=O) groups is 1. The zero-order valence-corrected chi connectivity index (χ0v) is 7.93. The second kappa shape index (κ2) is 5.40. The van der Waals surface area contributed by atoms with Gasteiger partial charge >= 0.3 is 0 Å². The van der Waals surface area contributed by atoms with E-state index < -0.39 is 0 Å². The van der Waals surface area contributed by atoms with Crippen LogP contribution in [0.5, 0.6) is 0 Å². The topological polar surface area (TPSA) is 65.5 Å². The maximum Gasteiger partial charge on any atom is 0.242 e. The molecule has 0 aromatic rings. The first-order chi connectivity index (χ1) is 5.65. The lowest BCUT2D eigenvalue weighted by atomic mass is 10.3. The summed E-state index contributed by atoms with van der Waals surface area (Å²) in [6.07, 6.45) is 0. The highest BCUT2D eigenvalue weighted by molar-refractivity contribution is 5.88. The van der Waals surface area contributed by atoms with Crippen LogP contribution in [0.3, 0.4) is 0 Å². The molecule has 12 heavy (non-hydrogen) atoms. The number of aliphatic imine (C=N–C) groups is 1. The summed E-state index contributed by atoms with van der Waals surface area (Å²) in [6, 6.07) is -0.277. The SMILES string of the molecule is CN=C(NC)NC(C)C(=O)NC. The maximum absolute atomic E-state index is 11.0. The van der Waals surface area contributed by atoms with Crippen LogP contribution in [-0.2, 0) is 4.79 Å². The monoisotopic (exact) mass is 172 g/mol. The molecule has 0 aromatic heterocycles. The molecule has 1 atom stereocenters. The molecule has 0 aliphatic rings. The van der Waals surface area contributed by atoms with Crippen molar-refractivity contribution < 1.29 is 4.79 Å². The van der Waals surface area contributed by atoms with Crippen LogP contribution in [0.25, 0.3) is 0 Å². The van der Waals surface area contributed by atoms with Crippen molar-refractivity contribution in [3.05, 3.63) is 0 Å². The van der Waals surface area contributed by atoms with E-state index in [-0.39, 0.29) is 11.9 Å². The number of nitrogens with one attached hydrogen (secondary N) is 3. The van der Waals surface area contributed by atoms with Gasteiger partial charge in [0.25, 0.3) is 0 Å². The maximum atomic E-state index is 11.0. The summed E-state index contributed by atoms with van der Waals surface area (Å²) in [4.78, 5) is 14.9. The fourth-order valence-electron chi connectivity index (χ4n) is 0.736. The molecule has 0 saturated carbocycles. The van der Waals surface area contributed by atoms with Crippen molar-refractivity contribution in [1.82, 2.24) is 16.0 Å². The smallest absolute Gasteiger partial charge is 0.242 e. The van der Waals surface area contributed by atoms with Crippen LogP contribution in [0.4, 0.5) is 0 Å². The zero-order chi connectivity index (χ0) is 9.56. The average Bonchev–Trinajstić information content (AvgIpc) is 2.12. The normalized spacial score (nSPS) is 13.5. The van der Waals surface area contributed by atoms with Gasteiger partial charge in [0.1, 0.15) is 6.04 Å². The van der Waals surface area contributed by atoms with Crippen molar-refractivity contribution in [2.75, 3.05) is 21.1 Å². The number of guanidine groups is 1. The Balaban J connectivity index is 3.98. The zero-order valence-electron chi connectivity index (χ0n) is 7.93. The van der Waals surface area contributed by atoms with Crippen LogP contribution >= 0.6 is 0 Å². The predicted octanol–water partition coefficient (Wildman–Crippen LogP) is -1.08. The first-order valence-corrected chi connectivity index (χ1v) is 3.78. The van der Waals surface area contributed by atoms with E-state index in [0.717, 1.165) is 0 Å². The van der Waals surface area contributed by atoms with Crippen molar-refractivity contribution in [2.24, 2.45) is 4.99 Å². The van der Waals surface area contributed by atoms with Crippen LogP contribution in [0, 0.1) is 0 Å². The molecule has 1 amide bonds. The van der Waals surface area contributed by atoms with Crippen LogP contribution < -0.4 is 16.0 Å². The van der Waals surface area contributed by atoms with Crippen molar-refractivity contribution in [3.8, 4) is 0 Å². The fraction of sp³-hybridized carbons (Fsp3) is 0.714. The summed E-state index contributed by atoms with van der Waals surface area (Å²) in [5.41, 5.74) is 0. The Morgan fingerprint density at radius 2 is 1.92 bits per heavy atom. The number of nitrogens with zero attached hydrogens (tertiary/aromatic N) is 1. The minimum atomic E-state index is -0.277. The van der Waals surface area contributed by atoms with E-state index in [1.807, 2.05) is 0 Å². The van der Waals surface area contributed by atoms with Gasteiger partial charge in [-0.2, -0.15) is 0 Å². The van der Waals surface area contributed by atoms with Crippen molar-refractivity contribution in [1.29, 1.82) is 0 Å². The van der Waals surface area contributed by atoms with E-state index in [4.69, 9.17) is 0 Å². The Bertz CT molecular complexity index is 178. The molecule has 5 heteroatoms. The predicted molar refractivity (Wildman–Crippen MR) is 49.1 cm³/mol. The van der Waals surface area contributed by atoms with Gasteiger partial charge in [-0.1, -0.05) is 0 Å². The third kappa shape index (κ3) is 3.23. The number of hydrogen-bond acceptors (Lipinski definition) is 2. The molecule has 3 N–H and O–H groups in total. The van der Waals surface area contributed by atoms with E-state index >= 15 is 0 Å². The van der Waals surface area contributed by atoms with E-state index in [2.05, 4.69) is 20.9 Å². The van der Waals surface area contributed by atoms with Gasteiger partial charge < -0.3 is 16.0 Å². The summed E-state index contributed by atoms with van der Waals surface area (Å²) in [6.45, 7) is 1.77. The average molecular weight is 172 g/mol. The Morgan fingerprint density at radius 3 is 2.25 bits per heavy atom. The second-order valence-electron chi connectivity index (χ2n) is 2.30. The van der Waals surface area contributed by atoms with Gasteiger partial charge in [0.2, 0.25) is 5.91 Å². The quantitative estimate of drug-likeness (QED) is 0.366. The molecule has 0 rings (SSSR count). The molecule has 0 bridgehead atoms.